The average Bonchev–Trinajstić information content (AvgIpc) is 2.97. The topological polar surface area (TPSA) is 53.9 Å². The fraction of sp³-hybridized carbons (Fsp3) is 0.385. The molecule has 1 aliphatic rings. The Morgan fingerprint density at radius 1 is 1.63 bits per heavy atom. The van der Waals surface area contributed by atoms with E-state index in [-0.39, 0.29) is 5.91 Å². The standard InChI is InChI=1S/C13H15ClN4O/c1-17(7-9-5-15-16-6-9)13(19)12-4-10(14)8-18(12)11-2-3-11/h4-6,8,11H,2-3,7H2,1H3,(H,15,16). The van der Waals surface area contributed by atoms with E-state index in [2.05, 4.69) is 10.2 Å². The third-order valence-electron chi connectivity index (χ3n) is 3.30. The molecular formula is C13H15ClN4O. The molecule has 100 valence electrons. The van der Waals surface area contributed by atoms with E-state index in [0.717, 1.165) is 18.4 Å². The second-order valence-corrected chi connectivity index (χ2v) is 5.39. The fourth-order valence-corrected chi connectivity index (χ4v) is 2.39. The van der Waals surface area contributed by atoms with E-state index in [4.69, 9.17) is 11.6 Å². The lowest BCUT2D eigenvalue weighted by atomic mass is 10.3. The molecule has 5 nitrogen and oxygen atoms in total. The molecule has 1 aliphatic carbocycles. The summed E-state index contributed by atoms with van der Waals surface area (Å²) in [4.78, 5) is 14.1. The third-order valence-corrected chi connectivity index (χ3v) is 3.50. The van der Waals surface area contributed by atoms with Crippen molar-refractivity contribution in [2.24, 2.45) is 0 Å². The van der Waals surface area contributed by atoms with Gasteiger partial charge in [-0.15, -0.1) is 0 Å². The summed E-state index contributed by atoms with van der Waals surface area (Å²) in [7, 11) is 1.79. The van der Waals surface area contributed by atoms with Crippen molar-refractivity contribution in [2.45, 2.75) is 25.4 Å². The van der Waals surface area contributed by atoms with Gasteiger partial charge in [-0.2, -0.15) is 5.10 Å². The van der Waals surface area contributed by atoms with E-state index in [1.807, 2.05) is 10.8 Å². The Bertz CT molecular complexity index is 586. The molecule has 3 rings (SSSR count). The maximum absolute atomic E-state index is 12.5. The minimum Gasteiger partial charge on any atom is -0.339 e. The predicted octanol–water partition coefficient (Wildman–Crippen LogP) is 2.47. The van der Waals surface area contributed by atoms with Crippen LogP contribution in [0.2, 0.25) is 5.02 Å². The zero-order valence-corrected chi connectivity index (χ0v) is 11.4. The molecule has 1 amide bonds. The highest BCUT2D eigenvalue weighted by Gasteiger charge is 2.28. The first-order chi connectivity index (χ1) is 9.15. The first-order valence-electron chi connectivity index (χ1n) is 6.25. The number of hydrogen-bond acceptors (Lipinski definition) is 2. The number of H-pyrrole nitrogens is 1. The Morgan fingerprint density at radius 3 is 3.05 bits per heavy atom. The van der Waals surface area contributed by atoms with Crippen molar-refractivity contribution in [1.82, 2.24) is 19.7 Å². The van der Waals surface area contributed by atoms with Crippen LogP contribution in [0.1, 0.15) is 34.9 Å². The summed E-state index contributed by atoms with van der Waals surface area (Å²) >= 11 is 6.02. The fourth-order valence-electron chi connectivity index (χ4n) is 2.18. The van der Waals surface area contributed by atoms with Crippen LogP contribution in [0.15, 0.2) is 24.7 Å². The van der Waals surface area contributed by atoms with Crippen molar-refractivity contribution < 1.29 is 4.79 Å². The molecule has 0 unspecified atom stereocenters. The number of carbonyl (C=O) groups excluding carboxylic acids is 1. The summed E-state index contributed by atoms with van der Waals surface area (Å²) in [5, 5.41) is 7.24. The van der Waals surface area contributed by atoms with Gasteiger partial charge in [0, 0.05) is 37.6 Å². The number of carbonyl (C=O) groups is 1. The first kappa shape index (κ1) is 12.3. The third kappa shape index (κ3) is 2.51. The van der Waals surface area contributed by atoms with Gasteiger partial charge in [-0.05, 0) is 18.9 Å². The summed E-state index contributed by atoms with van der Waals surface area (Å²) in [5.41, 5.74) is 1.64. The summed E-state index contributed by atoms with van der Waals surface area (Å²) in [6.07, 6.45) is 7.60. The number of halogens is 1. The SMILES string of the molecule is CN(Cc1cn[nH]c1)C(=O)c1cc(Cl)cn1C1CC1. The number of amides is 1. The maximum atomic E-state index is 12.5. The van der Waals surface area contributed by atoms with Gasteiger partial charge in [0.05, 0.1) is 11.2 Å². The normalized spacial score (nSPS) is 14.6. The summed E-state index contributed by atoms with van der Waals surface area (Å²) in [6, 6.07) is 2.18. The largest absolute Gasteiger partial charge is 0.339 e. The van der Waals surface area contributed by atoms with Gasteiger partial charge in [0.25, 0.3) is 5.91 Å². The number of nitrogens with one attached hydrogen (secondary N) is 1. The van der Waals surface area contributed by atoms with Gasteiger partial charge in [-0.1, -0.05) is 11.6 Å². The zero-order chi connectivity index (χ0) is 13.4. The Hall–Kier alpha value is -1.75. The zero-order valence-electron chi connectivity index (χ0n) is 10.6. The van der Waals surface area contributed by atoms with E-state index in [1.165, 1.54) is 0 Å². The van der Waals surface area contributed by atoms with Gasteiger partial charge >= 0.3 is 0 Å². The quantitative estimate of drug-likeness (QED) is 0.934. The molecule has 0 radical (unpaired) electrons. The Morgan fingerprint density at radius 2 is 2.42 bits per heavy atom. The maximum Gasteiger partial charge on any atom is 0.270 e. The molecule has 0 atom stereocenters. The minimum absolute atomic E-state index is 0.0139. The molecular weight excluding hydrogens is 264 g/mol. The summed E-state index contributed by atoms with van der Waals surface area (Å²) < 4.78 is 2.00. The molecule has 19 heavy (non-hydrogen) atoms. The van der Waals surface area contributed by atoms with Crippen molar-refractivity contribution in [3.05, 3.63) is 40.9 Å². The molecule has 2 aromatic heterocycles. The highest BCUT2D eigenvalue weighted by Crippen LogP contribution is 2.37. The van der Waals surface area contributed by atoms with Crippen molar-refractivity contribution in [2.75, 3.05) is 7.05 Å². The van der Waals surface area contributed by atoms with E-state index in [1.54, 1.807) is 30.4 Å². The van der Waals surface area contributed by atoms with E-state index in [9.17, 15) is 4.79 Å². The van der Waals surface area contributed by atoms with Crippen LogP contribution in [-0.2, 0) is 6.54 Å². The van der Waals surface area contributed by atoms with Crippen molar-refractivity contribution >= 4 is 17.5 Å². The summed E-state index contributed by atoms with van der Waals surface area (Å²) in [5.74, 6) is -0.0139. The number of hydrogen-bond donors (Lipinski definition) is 1. The van der Waals surface area contributed by atoms with Gasteiger partial charge in [0.15, 0.2) is 0 Å². The molecule has 1 N–H and O–H groups in total. The number of aromatic nitrogens is 3. The van der Waals surface area contributed by atoms with Crippen LogP contribution in [0.25, 0.3) is 0 Å². The second-order valence-electron chi connectivity index (χ2n) is 4.95. The molecule has 2 aromatic rings. The lowest BCUT2D eigenvalue weighted by Crippen LogP contribution is -2.28. The number of aromatic amines is 1. The molecule has 0 spiro atoms. The van der Waals surface area contributed by atoms with Gasteiger partial charge < -0.3 is 9.47 Å². The Labute approximate surface area is 116 Å². The van der Waals surface area contributed by atoms with Crippen LogP contribution >= 0.6 is 11.6 Å². The Kier molecular flexibility index (Phi) is 3.06. The van der Waals surface area contributed by atoms with Crippen LogP contribution in [-0.4, -0.2) is 32.6 Å². The molecule has 1 saturated carbocycles. The van der Waals surface area contributed by atoms with Crippen LogP contribution in [0.4, 0.5) is 0 Å². The van der Waals surface area contributed by atoms with Crippen molar-refractivity contribution in [1.29, 1.82) is 0 Å². The van der Waals surface area contributed by atoms with Crippen LogP contribution in [0, 0.1) is 0 Å². The molecule has 2 heterocycles. The second kappa shape index (κ2) is 4.74. The molecule has 0 aliphatic heterocycles. The van der Waals surface area contributed by atoms with E-state index in [0.29, 0.717) is 23.3 Å². The first-order valence-corrected chi connectivity index (χ1v) is 6.63. The van der Waals surface area contributed by atoms with Crippen LogP contribution in [0.3, 0.4) is 0 Å². The van der Waals surface area contributed by atoms with Gasteiger partial charge in [-0.3, -0.25) is 9.89 Å². The number of rotatable bonds is 4. The van der Waals surface area contributed by atoms with Gasteiger partial charge in [-0.25, -0.2) is 0 Å². The van der Waals surface area contributed by atoms with Gasteiger partial charge in [0.2, 0.25) is 0 Å². The van der Waals surface area contributed by atoms with E-state index < -0.39 is 0 Å². The molecule has 0 saturated heterocycles. The van der Waals surface area contributed by atoms with Crippen LogP contribution < -0.4 is 0 Å². The minimum atomic E-state index is -0.0139. The van der Waals surface area contributed by atoms with Crippen molar-refractivity contribution in [3.63, 3.8) is 0 Å². The van der Waals surface area contributed by atoms with Gasteiger partial charge in [0.1, 0.15) is 5.69 Å². The molecule has 0 bridgehead atoms. The number of nitrogens with zero attached hydrogens (tertiary/aromatic N) is 3. The molecule has 6 heteroatoms. The summed E-state index contributed by atoms with van der Waals surface area (Å²) in [6.45, 7) is 0.531. The van der Waals surface area contributed by atoms with Crippen LogP contribution in [0.5, 0.6) is 0 Å². The lowest BCUT2D eigenvalue weighted by molar-refractivity contribution is 0.0774. The smallest absolute Gasteiger partial charge is 0.270 e. The predicted molar refractivity (Wildman–Crippen MR) is 72.1 cm³/mol. The van der Waals surface area contributed by atoms with E-state index >= 15 is 0 Å². The Balaban J connectivity index is 1.79. The monoisotopic (exact) mass is 278 g/mol. The average molecular weight is 279 g/mol. The van der Waals surface area contributed by atoms with Crippen molar-refractivity contribution in [3.8, 4) is 0 Å². The lowest BCUT2D eigenvalue weighted by Gasteiger charge is -2.17. The molecule has 0 aromatic carbocycles. The highest BCUT2D eigenvalue weighted by atomic mass is 35.5. The highest BCUT2D eigenvalue weighted by molar-refractivity contribution is 6.31. The molecule has 1 fully saturated rings.